The Morgan fingerprint density at radius 3 is 2.57 bits per heavy atom. The zero-order valence-electron chi connectivity index (χ0n) is 15.2. The maximum absolute atomic E-state index is 12.2. The van der Waals surface area contributed by atoms with Crippen molar-refractivity contribution in [2.45, 2.75) is 13.5 Å². The molecular formula is C22H18Cl2N2O2. The van der Waals surface area contributed by atoms with Crippen LogP contribution in [0.2, 0.25) is 10.0 Å². The zero-order valence-corrected chi connectivity index (χ0v) is 16.7. The van der Waals surface area contributed by atoms with Gasteiger partial charge in [0.05, 0.1) is 16.3 Å². The summed E-state index contributed by atoms with van der Waals surface area (Å²) in [5, 5.41) is 5.04. The molecule has 0 saturated heterocycles. The predicted molar refractivity (Wildman–Crippen MR) is 113 cm³/mol. The van der Waals surface area contributed by atoms with E-state index in [2.05, 4.69) is 10.5 Å². The third-order valence-corrected chi connectivity index (χ3v) is 4.80. The van der Waals surface area contributed by atoms with E-state index in [1.54, 1.807) is 24.4 Å². The third kappa shape index (κ3) is 5.12. The molecule has 3 aromatic carbocycles. The van der Waals surface area contributed by atoms with Gasteiger partial charge >= 0.3 is 0 Å². The van der Waals surface area contributed by atoms with E-state index < -0.39 is 0 Å². The van der Waals surface area contributed by atoms with Crippen molar-refractivity contribution in [3.05, 3.63) is 99.0 Å². The third-order valence-electron chi connectivity index (χ3n) is 4.06. The van der Waals surface area contributed by atoms with Crippen LogP contribution in [0.4, 0.5) is 0 Å². The summed E-state index contributed by atoms with van der Waals surface area (Å²) in [5.41, 5.74) is 5.66. The number of carbonyl (C=O) groups is 1. The molecule has 6 heteroatoms. The van der Waals surface area contributed by atoms with Gasteiger partial charge in [0.2, 0.25) is 0 Å². The molecule has 1 amide bonds. The van der Waals surface area contributed by atoms with Gasteiger partial charge in [0.1, 0.15) is 12.4 Å². The Kier molecular flexibility index (Phi) is 6.69. The Morgan fingerprint density at radius 1 is 1.04 bits per heavy atom. The van der Waals surface area contributed by atoms with Crippen molar-refractivity contribution in [3.8, 4) is 5.75 Å². The molecule has 0 heterocycles. The Hall–Kier alpha value is -2.82. The second-order valence-corrected chi connectivity index (χ2v) is 6.90. The van der Waals surface area contributed by atoms with E-state index in [-0.39, 0.29) is 5.91 Å². The van der Waals surface area contributed by atoms with Crippen molar-refractivity contribution in [1.29, 1.82) is 0 Å². The summed E-state index contributed by atoms with van der Waals surface area (Å²) in [6.07, 6.45) is 1.56. The van der Waals surface area contributed by atoms with Gasteiger partial charge < -0.3 is 4.74 Å². The van der Waals surface area contributed by atoms with Gasteiger partial charge in [-0.1, -0.05) is 59.6 Å². The van der Waals surface area contributed by atoms with Crippen LogP contribution in [-0.4, -0.2) is 12.1 Å². The number of hydrazone groups is 1. The summed E-state index contributed by atoms with van der Waals surface area (Å²) in [6.45, 7) is 2.21. The van der Waals surface area contributed by atoms with E-state index in [0.29, 0.717) is 28.0 Å². The number of nitrogens with one attached hydrogen (secondary N) is 1. The number of hydrogen-bond donors (Lipinski definition) is 1. The molecule has 0 spiro atoms. The van der Waals surface area contributed by atoms with E-state index in [9.17, 15) is 4.79 Å². The van der Waals surface area contributed by atoms with Crippen molar-refractivity contribution >= 4 is 35.3 Å². The Morgan fingerprint density at radius 2 is 1.79 bits per heavy atom. The van der Waals surface area contributed by atoms with Crippen LogP contribution in [0.1, 0.15) is 27.0 Å². The van der Waals surface area contributed by atoms with Crippen molar-refractivity contribution in [1.82, 2.24) is 5.43 Å². The van der Waals surface area contributed by atoms with Gasteiger partial charge in [0.15, 0.2) is 0 Å². The van der Waals surface area contributed by atoms with Crippen LogP contribution in [0.3, 0.4) is 0 Å². The molecule has 0 aliphatic rings. The average Bonchev–Trinajstić information content (AvgIpc) is 2.70. The molecule has 0 aliphatic carbocycles. The summed E-state index contributed by atoms with van der Waals surface area (Å²) >= 11 is 12.0. The molecule has 28 heavy (non-hydrogen) atoms. The Labute approximate surface area is 173 Å². The topological polar surface area (TPSA) is 50.7 Å². The number of benzene rings is 3. The molecule has 0 aliphatic heterocycles. The number of ether oxygens (including phenoxy) is 1. The average molecular weight is 413 g/mol. The SMILES string of the molecule is Cc1ccccc1C(=O)N/N=C\c1ccccc1OCc1ccc(Cl)c(Cl)c1. The van der Waals surface area contributed by atoms with Crippen LogP contribution >= 0.6 is 23.2 Å². The molecule has 0 unspecified atom stereocenters. The van der Waals surface area contributed by atoms with Crippen molar-refractivity contribution < 1.29 is 9.53 Å². The summed E-state index contributed by atoms with van der Waals surface area (Å²) in [4.78, 5) is 12.2. The minimum absolute atomic E-state index is 0.261. The van der Waals surface area contributed by atoms with E-state index in [0.717, 1.165) is 16.7 Å². The highest BCUT2D eigenvalue weighted by Gasteiger charge is 2.07. The Bertz CT molecular complexity index is 1020. The summed E-state index contributed by atoms with van der Waals surface area (Å²) in [7, 11) is 0. The number of rotatable bonds is 6. The number of nitrogens with zero attached hydrogens (tertiary/aromatic N) is 1. The molecule has 1 N–H and O–H groups in total. The van der Waals surface area contributed by atoms with Gasteiger partial charge in [-0.25, -0.2) is 5.43 Å². The van der Waals surface area contributed by atoms with Crippen LogP contribution in [-0.2, 0) is 6.61 Å². The molecule has 4 nitrogen and oxygen atoms in total. The number of carbonyl (C=O) groups excluding carboxylic acids is 1. The summed E-state index contributed by atoms with van der Waals surface area (Å²) in [6, 6.07) is 20.1. The largest absolute Gasteiger partial charge is 0.488 e. The fraction of sp³-hybridized carbons (Fsp3) is 0.0909. The molecule has 0 aromatic heterocycles. The van der Waals surface area contributed by atoms with Crippen LogP contribution in [0.15, 0.2) is 71.8 Å². The lowest BCUT2D eigenvalue weighted by Crippen LogP contribution is -2.18. The molecule has 0 atom stereocenters. The lowest BCUT2D eigenvalue weighted by atomic mass is 10.1. The molecule has 3 rings (SSSR count). The summed E-state index contributed by atoms with van der Waals surface area (Å²) in [5.74, 6) is 0.381. The fourth-order valence-corrected chi connectivity index (χ4v) is 2.88. The van der Waals surface area contributed by atoms with Crippen molar-refractivity contribution in [3.63, 3.8) is 0 Å². The van der Waals surface area contributed by atoms with Crippen molar-refractivity contribution in [2.24, 2.45) is 5.10 Å². The maximum Gasteiger partial charge on any atom is 0.271 e. The lowest BCUT2D eigenvalue weighted by molar-refractivity contribution is 0.0954. The highest BCUT2D eigenvalue weighted by atomic mass is 35.5. The number of para-hydroxylation sites is 1. The molecule has 0 bridgehead atoms. The van der Waals surface area contributed by atoms with Gasteiger partial charge in [-0.15, -0.1) is 0 Å². The second kappa shape index (κ2) is 9.40. The van der Waals surface area contributed by atoms with E-state index in [4.69, 9.17) is 27.9 Å². The second-order valence-electron chi connectivity index (χ2n) is 6.09. The van der Waals surface area contributed by atoms with Gasteiger partial charge in [-0.2, -0.15) is 5.10 Å². The van der Waals surface area contributed by atoms with Crippen LogP contribution in [0.25, 0.3) is 0 Å². The summed E-state index contributed by atoms with van der Waals surface area (Å²) < 4.78 is 5.87. The minimum Gasteiger partial charge on any atom is -0.488 e. The number of aryl methyl sites for hydroxylation is 1. The van der Waals surface area contributed by atoms with Crippen molar-refractivity contribution in [2.75, 3.05) is 0 Å². The first kappa shape index (κ1) is 19.9. The zero-order chi connectivity index (χ0) is 19.9. The first-order valence-corrected chi connectivity index (χ1v) is 9.35. The molecule has 0 fully saturated rings. The first-order chi connectivity index (χ1) is 13.5. The maximum atomic E-state index is 12.2. The highest BCUT2D eigenvalue weighted by Crippen LogP contribution is 2.24. The fourth-order valence-electron chi connectivity index (χ4n) is 2.56. The minimum atomic E-state index is -0.261. The number of halogens is 2. The van der Waals surface area contributed by atoms with Gasteiger partial charge in [0, 0.05) is 11.1 Å². The molecule has 3 aromatic rings. The van der Waals surface area contributed by atoms with E-state index >= 15 is 0 Å². The van der Waals surface area contributed by atoms with Crippen LogP contribution in [0, 0.1) is 6.92 Å². The standard InChI is InChI=1S/C22H18Cl2N2O2/c1-15-6-2-4-8-18(15)22(27)26-25-13-17-7-3-5-9-21(17)28-14-16-10-11-19(23)20(24)12-16/h2-13H,14H2,1H3,(H,26,27)/b25-13-. The van der Waals surface area contributed by atoms with Gasteiger partial charge in [-0.05, 0) is 48.4 Å². The monoisotopic (exact) mass is 412 g/mol. The number of hydrogen-bond acceptors (Lipinski definition) is 3. The molecule has 0 radical (unpaired) electrons. The number of amides is 1. The smallest absolute Gasteiger partial charge is 0.271 e. The highest BCUT2D eigenvalue weighted by molar-refractivity contribution is 6.42. The molecule has 0 saturated carbocycles. The van der Waals surface area contributed by atoms with Crippen LogP contribution in [0.5, 0.6) is 5.75 Å². The van der Waals surface area contributed by atoms with E-state index in [1.165, 1.54) is 0 Å². The first-order valence-electron chi connectivity index (χ1n) is 8.59. The quantitative estimate of drug-likeness (QED) is 0.420. The Balaban J connectivity index is 1.66. The normalized spacial score (nSPS) is 10.8. The van der Waals surface area contributed by atoms with E-state index in [1.807, 2.05) is 55.5 Å². The van der Waals surface area contributed by atoms with Gasteiger partial charge in [-0.3, -0.25) is 4.79 Å². The lowest BCUT2D eigenvalue weighted by Gasteiger charge is -2.10. The van der Waals surface area contributed by atoms with Gasteiger partial charge in [0.25, 0.3) is 5.91 Å². The predicted octanol–water partition coefficient (Wildman–Crippen LogP) is 5.64. The molecular weight excluding hydrogens is 395 g/mol. The molecule has 142 valence electrons. The van der Waals surface area contributed by atoms with Crippen LogP contribution < -0.4 is 10.2 Å².